The lowest BCUT2D eigenvalue weighted by Gasteiger charge is -2.16. The molecule has 0 radical (unpaired) electrons. The van der Waals surface area contributed by atoms with Crippen LogP contribution in [0.4, 0.5) is 10.1 Å². The molecule has 0 heterocycles. The van der Waals surface area contributed by atoms with Crippen molar-refractivity contribution in [1.29, 1.82) is 0 Å². The van der Waals surface area contributed by atoms with Crippen LogP contribution in [0, 0.1) is 5.82 Å². The van der Waals surface area contributed by atoms with Gasteiger partial charge in [0.15, 0.2) is 0 Å². The Morgan fingerprint density at radius 1 is 0.893 bits per heavy atom. The summed E-state index contributed by atoms with van der Waals surface area (Å²) in [5.74, 6) is -0.758. The summed E-state index contributed by atoms with van der Waals surface area (Å²) in [4.78, 5) is -0.600. The lowest BCUT2D eigenvalue weighted by Crippen LogP contribution is -2.30. The molecule has 2 aromatic carbocycles. The van der Waals surface area contributed by atoms with Crippen molar-refractivity contribution < 1.29 is 30.7 Å². The Balaban J connectivity index is 2.53. The predicted molar refractivity (Wildman–Crippen MR) is 102 cm³/mol. The molecule has 2 rings (SSSR count). The Bertz CT molecular complexity index is 1070. The molecule has 0 spiro atoms. The second-order valence-corrected chi connectivity index (χ2v) is 9.40. The van der Waals surface area contributed by atoms with Gasteiger partial charge in [0, 0.05) is 6.04 Å². The highest BCUT2D eigenvalue weighted by molar-refractivity contribution is 7.93. The van der Waals surface area contributed by atoms with Crippen molar-refractivity contribution in [2.45, 2.75) is 29.7 Å². The molecule has 0 aromatic heterocycles. The van der Waals surface area contributed by atoms with Gasteiger partial charge < -0.3 is 9.47 Å². The Kier molecular flexibility index (Phi) is 6.52. The number of benzene rings is 2. The number of ether oxygens (including phenoxy) is 2. The molecule has 154 valence electrons. The molecule has 0 aliphatic heterocycles. The van der Waals surface area contributed by atoms with Gasteiger partial charge in [-0.1, -0.05) is 0 Å². The van der Waals surface area contributed by atoms with E-state index in [0.29, 0.717) is 0 Å². The number of hydrogen-bond donors (Lipinski definition) is 2. The van der Waals surface area contributed by atoms with Crippen molar-refractivity contribution in [2.24, 2.45) is 0 Å². The first-order valence-electron chi connectivity index (χ1n) is 8.07. The summed E-state index contributed by atoms with van der Waals surface area (Å²) in [6, 6.07) is 6.39. The molecule has 0 fully saturated rings. The van der Waals surface area contributed by atoms with Gasteiger partial charge in [-0.15, -0.1) is 0 Å². The Morgan fingerprint density at radius 2 is 1.50 bits per heavy atom. The lowest BCUT2D eigenvalue weighted by molar-refractivity contribution is 0.401. The van der Waals surface area contributed by atoms with E-state index in [-0.39, 0.29) is 28.1 Å². The van der Waals surface area contributed by atoms with Crippen molar-refractivity contribution in [2.75, 3.05) is 18.9 Å². The van der Waals surface area contributed by atoms with Crippen molar-refractivity contribution in [3.63, 3.8) is 0 Å². The largest absolute Gasteiger partial charge is 0.495 e. The van der Waals surface area contributed by atoms with Crippen LogP contribution in [0.5, 0.6) is 11.5 Å². The normalized spacial score (nSPS) is 12.1. The minimum Gasteiger partial charge on any atom is -0.495 e. The molecule has 0 amide bonds. The summed E-state index contributed by atoms with van der Waals surface area (Å²) in [6.45, 7) is 3.31. The maximum absolute atomic E-state index is 13.6. The van der Waals surface area contributed by atoms with E-state index in [2.05, 4.69) is 9.44 Å². The second kappa shape index (κ2) is 8.33. The van der Waals surface area contributed by atoms with Crippen LogP contribution in [0.2, 0.25) is 0 Å². The highest BCUT2D eigenvalue weighted by Gasteiger charge is 2.24. The Labute approximate surface area is 163 Å². The number of sulfonamides is 2. The van der Waals surface area contributed by atoms with E-state index >= 15 is 0 Å². The summed E-state index contributed by atoms with van der Waals surface area (Å²) < 4.78 is 78.6. The van der Waals surface area contributed by atoms with Crippen LogP contribution in [0.15, 0.2) is 46.2 Å². The highest BCUT2D eigenvalue weighted by Crippen LogP contribution is 2.32. The van der Waals surface area contributed by atoms with Crippen LogP contribution in [-0.4, -0.2) is 37.1 Å². The highest BCUT2D eigenvalue weighted by atomic mass is 32.2. The molecule has 0 unspecified atom stereocenters. The first-order chi connectivity index (χ1) is 13.0. The quantitative estimate of drug-likeness (QED) is 0.662. The fourth-order valence-electron chi connectivity index (χ4n) is 2.37. The van der Waals surface area contributed by atoms with Gasteiger partial charge in [0.05, 0.1) is 24.8 Å². The second-order valence-electron chi connectivity index (χ2n) is 6.04. The zero-order chi connectivity index (χ0) is 21.1. The third-order valence-corrected chi connectivity index (χ3v) is 6.57. The van der Waals surface area contributed by atoms with E-state index in [9.17, 15) is 21.2 Å². The molecule has 2 N–H and O–H groups in total. The minimum absolute atomic E-state index is 0.0712. The van der Waals surface area contributed by atoms with Gasteiger partial charge in [-0.25, -0.2) is 25.9 Å². The third kappa shape index (κ3) is 4.91. The van der Waals surface area contributed by atoms with Gasteiger partial charge >= 0.3 is 0 Å². The van der Waals surface area contributed by atoms with Crippen LogP contribution in [0.25, 0.3) is 0 Å². The molecular weight excluding hydrogens is 411 g/mol. The van der Waals surface area contributed by atoms with E-state index < -0.39 is 30.8 Å². The van der Waals surface area contributed by atoms with Crippen LogP contribution in [0.3, 0.4) is 0 Å². The fourth-order valence-corrected chi connectivity index (χ4v) is 4.89. The molecule has 0 bridgehead atoms. The topological polar surface area (TPSA) is 111 Å². The molecule has 0 aliphatic carbocycles. The smallest absolute Gasteiger partial charge is 0.265 e. The molecule has 8 nitrogen and oxygen atoms in total. The van der Waals surface area contributed by atoms with Crippen LogP contribution in [0.1, 0.15) is 13.8 Å². The summed E-state index contributed by atoms with van der Waals surface area (Å²) >= 11 is 0. The van der Waals surface area contributed by atoms with E-state index in [1.807, 2.05) is 0 Å². The molecular formula is C17H21FN2O6S2. The molecule has 28 heavy (non-hydrogen) atoms. The minimum atomic E-state index is -4.31. The summed E-state index contributed by atoms with van der Waals surface area (Å²) in [5.41, 5.74) is -0.125. The predicted octanol–water partition coefficient (Wildman–Crippen LogP) is 2.33. The summed E-state index contributed by atoms with van der Waals surface area (Å²) in [7, 11) is -5.63. The lowest BCUT2D eigenvalue weighted by atomic mass is 10.3. The number of nitrogens with one attached hydrogen (secondary N) is 2. The van der Waals surface area contributed by atoms with Gasteiger partial charge in [0.1, 0.15) is 22.2 Å². The third-order valence-electron chi connectivity index (χ3n) is 3.53. The number of methoxy groups -OCH3 is 2. The maximum atomic E-state index is 13.6. The Morgan fingerprint density at radius 3 is 2.07 bits per heavy atom. The van der Waals surface area contributed by atoms with E-state index in [1.165, 1.54) is 32.4 Å². The fraction of sp³-hybridized carbons (Fsp3) is 0.294. The molecule has 0 atom stereocenters. The molecule has 11 heteroatoms. The number of rotatable bonds is 8. The first kappa shape index (κ1) is 21.9. The number of anilines is 1. The average molecular weight is 432 g/mol. The SMILES string of the molecule is COc1ccc(S(=O)(=O)NC(C)C)cc1NS(=O)(=O)c1cc(F)ccc1OC. The van der Waals surface area contributed by atoms with Gasteiger partial charge in [-0.2, -0.15) is 0 Å². The van der Waals surface area contributed by atoms with Crippen LogP contribution >= 0.6 is 0 Å². The maximum Gasteiger partial charge on any atom is 0.265 e. The van der Waals surface area contributed by atoms with Crippen LogP contribution in [-0.2, 0) is 20.0 Å². The summed E-state index contributed by atoms with van der Waals surface area (Å²) in [5, 5.41) is 0. The van der Waals surface area contributed by atoms with E-state index in [4.69, 9.17) is 9.47 Å². The van der Waals surface area contributed by atoms with Gasteiger partial charge in [0.2, 0.25) is 10.0 Å². The zero-order valence-corrected chi connectivity index (χ0v) is 17.3. The summed E-state index contributed by atoms with van der Waals surface area (Å²) in [6.07, 6.45) is 0. The van der Waals surface area contributed by atoms with Crippen molar-refractivity contribution in [1.82, 2.24) is 4.72 Å². The average Bonchev–Trinajstić information content (AvgIpc) is 2.60. The molecule has 2 aromatic rings. The van der Waals surface area contributed by atoms with Crippen molar-refractivity contribution >= 4 is 25.7 Å². The first-order valence-corrected chi connectivity index (χ1v) is 11.0. The van der Waals surface area contributed by atoms with E-state index in [0.717, 1.165) is 18.2 Å². The monoisotopic (exact) mass is 432 g/mol. The van der Waals surface area contributed by atoms with E-state index in [1.54, 1.807) is 13.8 Å². The number of halogens is 1. The molecule has 0 saturated heterocycles. The van der Waals surface area contributed by atoms with Gasteiger partial charge in [0.25, 0.3) is 10.0 Å². The van der Waals surface area contributed by atoms with Gasteiger partial charge in [-0.3, -0.25) is 4.72 Å². The molecule has 0 saturated carbocycles. The van der Waals surface area contributed by atoms with Crippen molar-refractivity contribution in [3.8, 4) is 11.5 Å². The number of hydrogen-bond acceptors (Lipinski definition) is 6. The zero-order valence-electron chi connectivity index (χ0n) is 15.7. The Hall–Kier alpha value is -2.37. The van der Waals surface area contributed by atoms with Crippen molar-refractivity contribution in [3.05, 3.63) is 42.2 Å². The van der Waals surface area contributed by atoms with Gasteiger partial charge in [-0.05, 0) is 50.2 Å². The standard InChI is InChI=1S/C17H21FN2O6S2/c1-11(2)19-27(21,22)13-6-8-15(25-3)14(10-13)20-28(23,24)17-9-12(18)5-7-16(17)26-4/h5-11,19-20H,1-4H3. The molecule has 0 aliphatic rings. The van der Waals surface area contributed by atoms with Crippen LogP contribution < -0.4 is 18.9 Å².